The van der Waals surface area contributed by atoms with Crippen LogP contribution < -0.4 is 4.90 Å². The van der Waals surface area contributed by atoms with Crippen LogP contribution in [-0.4, -0.2) is 28.7 Å². The second-order valence-electron chi connectivity index (χ2n) is 8.83. The van der Waals surface area contributed by atoms with Crippen molar-refractivity contribution < 1.29 is 14.3 Å². The molecule has 160 valence electrons. The second kappa shape index (κ2) is 7.69. The summed E-state index contributed by atoms with van der Waals surface area (Å²) in [6.45, 7) is 10.6. The zero-order valence-electron chi connectivity index (χ0n) is 18.5. The van der Waals surface area contributed by atoms with Crippen molar-refractivity contribution in [2.45, 2.75) is 46.1 Å². The van der Waals surface area contributed by atoms with Crippen LogP contribution in [0.5, 0.6) is 0 Å². The lowest BCUT2D eigenvalue weighted by Crippen LogP contribution is -2.29. The second-order valence-corrected chi connectivity index (χ2v) is 8.83. The molecule has 1 N–H and O–H groups in total. The Labute approximate surface area is 182 Å². The Morgan fingerprint density at radius 1 is 1.10 bits per heavy atom. The van der Waals surface area contributed by atoms with Gasteiger partial charge in [0.1, 0.15) is 0 Å². The fourth-order valence-corrected chi connectivity index (χ4v) is 4.02. The first-order valence-electron chi connectivity index (χ1n) is 10.5. The van der Waals surface area contributed by atoms with E-state index in [1.807, 2.05) is 6.92 Å². The highest BCUT2D eigenvalue weighted by molar-refractivity contribution is 6.10. The van der Waals surface area contributed by atoms with Gasteiger partial charge in [0.05, 0.1) is 18.2 Å². The van der Waals surface area contributed by atoms with Gasteiger partial charge in [-0.3, -0.25) is 14.8 Å². The molecule has 6 nitrogen and oxygen atoms in total. The van der Waals surface area contributed by atoms with Crippen molar-refractivity contribution in [2.75, 3.05) is 11.5 Å². The van der Waals surface area contributed by atoms with Crippen LogP contribution >= 0.6 is 0 Å². The molecule has 2 heterocycles. The first-order valence-corrected chi connectivity index (χ1v) is 10.5. The number of ether oxygens (including phenoxy) is 1. The van der Waals surface area contributed by atoms with Gasteiger partial charge in [0.15, 0.2) is 5.69 Å². The smallest absolute Gasteiger partial charge is 0.338 e. The number of aromatic nitrogens is 2. The number of rotatable bonds is 4. The van der Waals surface area contributed by atoms with Crippen molar-refractivity contribution in [1.29, 1.82) is 0 Å². The molecule has 4 rings (SSSR count). The van der Waals surface area contributed by atoms with Crippen LogP contribution in [0.25, 0.3) is 0 Å². The predicted octanol–water partition coefficient (Wildman–Crippen LogP) is 4.94. The normalized spacial score (nSPS) is 15.8. The van der Waals surface area contributed by atoms with Crippen molar-refractivity contribution in [3.8, 4) is 0 Å². The largest absolute Gasteiger partial charge is 0.462 e. The minimum Gasteiger partial charge on any atom is -0.462 e. The topological polar surface area (TPSA) is 75.3 Å². The summed E-state index contributed by atoms with van der Waals surface area (Å²) in [6.07, 6.45) is 0. The SMILES string of the molecule is CCOC(=O)c1ccc(N2C(=O)c3n[nH]c(C)c3C2c2ccc(C(C)(C)C)cc2)cc1. The van der Waals surface area contributed by atoms with Gasteiger partial charge in [-0.05, 0) is 54.7 Å². The Morgan fingerprint density at radius 3 is 2.32 bits per heavy atom. The Kier molecular flexibility index (Phi) is 5.17. The lowest BCUT2D eigenvalue weighted by atomic mass is 9.86. The predicted molar refractivity (Wildman–Crippen MR) is 120 cm³/mol. The molecular formula is C25H27N3O3. The molecule has 1 atom stereocenters. The molecule has 0 saturated carbocycles. The van der Waals surface area contributed by atoms with E-state index >= 15 is 0 Å². The highest BCUT2D eigenvalue weighted by atomic mass is 16.5. The van der Waals surface area contributed by atoms with Crippen LogP contribution in [0.4, 0.5) is 5.69 Å². The molecule has 0 bridgehead atoms. The summed E-state index contributed by atoms with van der Waals surface area (Å²) in [7, 11) is 0. The van der Waals surface area contributed by atoms with E-state index in [2.05, 4.69) is 55.2 Å². The zero-order valence-corrected chi connectivity index (χ0v) is 18.5. The van der Waals surface area contributed by atoms with Gasteiger partial charge in [0.2, 0.25) is 0 Å². The molecule has 1 unspecified atom stereocenters. The average molecular weight is 418 g/mol. The maximum absolute atomic E-state index is 13.3. The number of esters is 1. The lowest BCUT2D eigenvalue weighted by molar-refractivity contribution is 0.0526. The molecule has 0 fully saturated rings. The van der Waals surface area contributed by atoms with Gasteiger partial charge in [0.25, 0.3) is 5.91 Å². The molecule has 0 aliphatic carbocycles. The van der Waals surface area contributed by atoms with Gasteiger partial charge in [-0.25, -0.2) is 4.79 Å². The molecule has 1 amide bonds. The molecule has 1 aliphatic heterocycles. The lowest BCUT2D eigenvalue weighted by Gasteiger charge is -2.27. The first-order chi connectivity index (χ1) is 14.7. The number of carbonyl (C=O) groups excluding carboxylic acids is 2. The number of amides is 1. The van der Waals surface area contributed by atoms with Crippen LogP contribution in [-0.2, 0) is 10.2 Å². The summed E-state index contributed by atoms with van der Waals surface area (Å²) in [6, 6.07) is 15.1. The molecule has 6 heteroatoms. The Morgan fingerprint density at radius 2 is 1.74 bits per heavy atom. The van der Waals surface area contributed by atoms with Crippen molar-refractivity contribution >= 4 is 17.6 Å². The van der Waals surface area contributed by atoms with Gasteiger partial charge in [-0.1, -0.05) is 45.0 Å². The highest BCUT2D eigenvalue weighted by Crippen LogP contribution is 2.42. The number of aryl methyl sites for hydroxylation is 1. The number of nitrogens with zero attached hydrogens (tertiary/aromatic N) is 2. The fourth-order valence-electron chi connectivity index (χ4n) is 4.02. The molecular weight excluding hydrogens is 390 g/mol. The maximum Gasteiger partial charge on any atom is 0.338 e. The summed E-state index contributed by atoms with van der Waals surface area (Å²) in [5.41, 5.74) is 5.66. The van der Waals surface area contributed by atoms with E-state index in [1.165, 1.54) is 5.56 Å². The molecule has 2 aromatic carbocycles. The Bertz CT molecular complexity index is 1120. The van der Waals surface area contributed by atoms with E-state index in [-0.39, 0.29) is 23.3 Å². The first kappa shape index (κ1) is 20.8. The third-order valence-corrected chi connectivity index (χ3v) is 5.70. The summed E-state index contributed by atoms with van der Waals surface area (Å²) in [5, 5.41) is 7.22. The third-order valence-electron chi connectivity index (χ3n) is 5.70. The van der Waals surface area contributed by atoms with E-state index in [4.69, 9.17) is 4.74 Å². The zero-order chi connectivity index (χ0) is 22.3. The number of hydrogen-bond donors (Lipinski definition) is 1. The van der Waals surface area contributed by atoms with Crippen molar-refractivity contribution in [2.24, 2.45) is 0 Å². The van der Waals surface area contributed by atoms with Crippen LogP contribution in [0, 0.1) is 6.92 Å². The number of benzene rings is 2. The Hall–Kier alpha value is -3.41. The van der Waals surface area contributed by atoms with Gasteiger partial charge in [0, 0.05) is 16.9 Å². The number of H-pyrrole nitrogens is 1. The summed E-state index contributed by atoms with van der Waals surface area (Å²) >= 11 is 0. The van der Waals surface area contributed by atoms with Gasteiger partial charge in [-0.2, -0.15) is 5.10 Å². The summed E-state index contributed by atoms with van der Waals surface area (Å²) in [4.78, 5) is 27.0. The van der Waals surface area contributed by atoms with Crippen molar-refractivity contribution in [3.63, 3.8) is 0 Å². The quantitative estimate of drug-likeness (QED) is 0.610. The maximum atomic E-state index is 13.3. The molecule has 0 radical (unpaired) electrons. The number of fused-ring (bicyclic) bond motifs is 1. The highest BCUT2D eigenvalue weighted by Gasteiger charge is 2.42. The fraction of sp³-hybridized carbons (Fsp3) is 0.320. The van der Waals surface area contributed by atoms with E-state index in [0.29, 0.717) is 23.6 Å². The van der Waals surface area contributed by atoms with E-state index in [1.54, 1.807) is 36.1 Å². The van der Waals surface area contributed by atoms with Crippen LogP contribution in [0.3, 0.4) is 0 Å². The van der Waals surface area contributed by atoms with E-state index < -0.39 is 0 Å². The molecule has 1 aromatic heterocycles. The van der Waals surface area contributed by atoms with Gasteiger partial charge < -0.3 is 4.74 Å². The van der Waals surface area contributed by atoms with Crippen molar-refractivity contribution in [1.82, 2.24) is 10.2 Å². The molecule has 0 spiro atoms. The minimum atomic E-state index is -0.375. The molecule has 31 heavy (non-hydrogen) atoms. The van der Waals surface area contributed by atoms with E-state index in [9.17, 15) is 9.59 Å². The molecule has 3 aromatic rings. The number of carbonyl (C=O) groups is 2. The minimum absolute atomic E-state index is 0.0450. The van der Waals surface area contributed by atoms with Crippen LogP contribution in [0.15, 0.2) is 48.5 Å². The van der Waals surface area contributed by atoms with E-state index in [0.717, 1.165) is 16.8 Å². The number of aromatic amines is 1. The number of anilines is 1. The standard InChI is InChI=1S/C25H27N3O3/c1-6-31-24(30)17-9-13-19(14-10-17)28-22(20-15(2)26-27-21(20)23(28)29)16-7-11-18(12-8-16)25(3,4)5/h7-14,22H,6H2,1-5H3,(H,26,27). The van der Waals surface area contributed by atoms with Gasteiger partial charge in [-0.15, -0.1) is 0 Å². The van der Waals surface area contributed by atoms with Gasteiger partial charge >= 0.3 is 5.97 Å². The number of hydrogen-bond acceptors (Lipinski definition) is 4. The van der Waals surface area contributed by atoms with Crippen molar-refractivity contribution in [3.05, 3.63) is 82.2 Å². The molecule has 1 aliphatic rings. The average Bonchev–Trinajstić information content (AvgIpc) is 3.26. The number of nitrogens with one attached hydrogen (secondary N) is 1. The molecule has 0 saturated heterocycles. The van der Waals surface area contributed by atoms with Crippen LogP contribution in [0.2, 0.25) is 0 Å². The summed E-state index contributed by atoms with van der Waals surface area (Å²) in [5.74, 6) is -0.534. The summed E-state index contributed by atoms with van der Waals surface area (Å²) < 4.78 is 5.06. The van der Waals surface area contributed by atoms with Crippen LogP contribution in [0.1, 0.15) is 77.0 Å². The monoisotopic (exact) mass is 417 g/mol. The third kappa shape index (κ3) is 3.63. The Balaban J connectivity index is 1.76.